The molecular weight excluding hydrogens is 418 g/mol. The largest absolute Gasteiger partial charge is 0.478 e. The minimum absolute atomic E-state index is 0.0646. The standard InChI is InChI=1S/C21H20F2O4S2/c22-14-6-7-16(18(23)12-14)13-5-8-19(17(11-13)21(25)26)27-20(24)4-2-1-3-15-9-10-28-29-15/h5-8,11-12,15H,1-4,9-10H2,(H,25,26)/t15-/m0/s1. The number of carboxylic acid groups (broad SMARTS) is 1. The average Bonchev–Trinajstić information content (AvgIpc) is 3.19. The Morgan fingerprint density at radius 1 is 1.14 bits per heavy atom. The molecule has 1 heterocycles. The smallest absolute Gasteiger partial charge is 0.339 e. The lowest BCUT2D eigenvalue weighted by Gasteiger charge is -2.11. The summed E-state index contributed by atoms with van der Waals surface area (Å²) in [6.45, 7) is 0. The molecule has 0 spiro atoms. The predicted molar refractivity (Wildman–Crippen MR) is 111 cm³/mol. The van der Waals surface area contributed by atoms with Crippen molar-refractivity contribution in [3.8, 4) is 16.9 Å². The highest BCUT2D eigenvalue weighted by Crippen LogP contribution is 2.40. The van der Waals surface area contributed by atoms with Crippen LogP contribution in [0, 0.1) is 11.6 Å². The highest BCUT2D eigenvalue weighted by Gasteiger charge is 2.19. The molecule has 1 N–H and O–H groups in total. The minimum Gasteiger partial charge on any atom is -0.478 e. The molecule has 2 aromatic rings. The van der Waals surface area contributed by atoms with Gasteiger partial charge < -0.3 is 9.84 Å². The van der Waals surface area contributed by atoms with Gasteiger partial charge in [0.05, 0.1) is 0 Å². The van der Waals surface area contributed by atoms with Crippen LogP contribution in [0.2, 0.25) is 0 Å². The molecule has 1 aliphatic rings. The molecule has 1 aliphatic heterocycles. The van der Waals surface area contributed by atoms with E-state index in [-0.39, 0.29) is 28.9 Å². The number of carbonyl (C=O) groups is 2. The van der Waals surface area contributed by atoms with Gasteiger partial charge in [0.25, 0.3) is 0 Å². The van der Waals surface area contributed by atoms with Gasteiger partial charge in [0.15, 0.2) is 0 Å². The Bertz CT molecular complexity index is 898. The molecule has 2 aromatic carbocycles. The monoisotopic (exact) mass is 438 g/mol. The number of rotatable bonds is 8. The number of aromatic carboxylic acids is 1. The number of hydrogen-bond acceptors (Lipinski definition) is 5. The maximum atomic E-state index is 14.0. The van der Waals surface area contributed by atoms with Gasteiger partial charge in [-0.1, -0.05) is 34.1 Å². The van der Waals surface area contributed by atoms with Crippen molar-refractivity contribution in [2.24, 2.45) is 0 Å². The third kappa shape index (κ3) is 5.96. The number of benzene rings is 2. The zero-order valence-electron chi connectivity index (χ0n) is 15.5. The Labute approximate surface area is 175 Å². The van der Waals surface area contributed by atoms with Gasteiger partial charge in [-0.3, -0.25) is 4.79 Å². The Hall–Kier alpha value is -2.06. The van der Waals surface area contributed by atoms with Gasteiger partial charge in [0.1, 0.15) is 22.9 Å². The van der Waals surface area contributed by atoms with Crippen LogP contribution < -0.4 is 4.74 Å². The van der Waals surface area contributed by atoms with Gasteiger partial charge in [-0.25, -0.2) is 13.6 Å². The van der Waals surface area contributed by atoms with Crippen molar-refractivity contribution >= 4 is 33.5 Å². The lowest BCUT2D eigenvalue weighted by atomic mass is 10.0. The van der Waals surface area contributed by atoms with Crippen LogP contribution in [-0.4, -0.2) is 28.0 Å². The molecule has 3 rings (SSSR count). The first-order chi connectivity index (χ1) is 13.9. The fourth-order valence-electron chi connectivity index (χ4n) is 3.06. The van der Waals surface area contributed by atoms with Crippen molar-refractivity contribution in [1.29, 1.82) is 0 Å². The van der Waals surface area contributed by atoms with Crippen molar-refractivity contribution in [2.75, 3.05) is 5.75 Å². The maximum absolute atomic E-state index is 14.0. The third-order valence-corrected chi connectivity index (χ3v) is 7.57. The molecule has 4 nitrogen and oxygen atoms in total. The molecule has 0 aromatic heterocycles. The van der Waals surface area contributed by atoms with E-state index < -0.39 is 23.6 Å². The summed E-state index contributed by atoms with van der Waals surface area (Å²) in [6.07, 6.45) is 4.06. The number of halogens is 2. The van der Waals surface area contributed by atoms with Crippen molar-refractivity contribution in [3.05, 3.63) is 53.6 Å². The number of ether oxygens (including phenoxy) is 1. The van der Waals surface area contributed by atoms with Crippen LogP contribution >= 0.6 is 21.6 Å². The van der Waals surface area contributed by atoms with Crippen molar-refractivity contribution in [2.45, 2.75) is 37.4 Å². The summed E-state index contributed by atoms with van der Waals surface area (Å²) in [6, 6.07) is 7.04. The molecular formula is C21H20F2O4S2. The van der Waals surface area contributed by atoms with E-state index in [1.807, 2.05) is 21.6 Å². The van der Waals surface area contributed by atoms with E-state index in [0.29, 0.717) is 11.7 Å². The topological polar surface area (TPSA) is 63.6 Å². The first kappa shape index (κ1) is 21.6. The Morgan fingerprint density at radius 3 is 2.66 bits per heavy atom. The van der Waals surface area contributed by atoms with Crippen LogP contribution in [-0.2, 0) is 4.79 Å². The Morgan fingerprint density at radius 2 is 1.97 bits per heavy atom. The molecule has 154 valence electrons. The third-order valence-electron chi connectivity index (χ3n) is 4.56. The van der Waals surface area contributed by atoms with Crippen LogP contribution in [0.5, 0.6) is 5.75 Å². The van der Waals surface area contributed by atoms with E-state index in [1.54, 1.807) is 0 Å². The van der Waals surface area contributed by atoms with Crippen LogP contribution in [0.3, 0.4) is 0 Å². The zero-order chi connectivity index (χ0) is 20.8. The predicted octanol–water partition coefficient (Wildman–Crippen LogP) is 5.95. The SMILES string of the molecule is O=C(CCCC[C@H]1CCSS1)Oc1ccc(-c2ccc(F)cc2F)cc1C(=O)O. The molecule has 0 bridgehead atoms. The molecule has 0 amide bonds. The van der Waals surface area contributed by atoms with Crippen LogP contribution in [0.1, 0.15) is 42.5 Å². The summed E-state index contributed by atoms with van der Waals surface area (Å²) in [5.41, 5.74) is 0.0697. The van der Waals surface area contributed by atoms with E-state index >= 15 is 0 Å². The van der Waals surface area contributed by atoms with Gasteiger partial charge >= 0.3 is 11.9 Å². The second-order valence-electron chi connectivity index (χ2n) is 6.69. The lowest BCUT2D eigenvalue weighted by molar-refractivity contribution is -0.134. The Kier molecular flexibility index (Phi) is 7.55. The van der Waals surface area contributed by atoms with E-state index in [0.717, 1.165) is 25.0 Å². The quantitative estimate of drug-likeness (QED) is 0.238. The van der Waals surface area contributed by atoms with Crippen molar-refractivity contribution in [1.82, 2.24) is 0 Å². The second-order valence-corrected chi connectivity index (χ2v) is 9.48. The normalized spacial score (nSPS) is 16.0. The van der Waals surface area contributed by atoms with Crippen LogP contribution in [0.15, 0.2) is 36.4 Å². The van der Waals surface area contributed by atoms with Gasteiger partial charge in [-0.15, -0.1) is 0 Å². The van der Waals surface area contributed by atoms with Gasteiger partial charge in [0.2, 0.25) is 0 Å². The second kappa shape index (κ2) is 10.1. The molecule has 0 radical (unpaired) electrons. The molecule has 8 heteroatoms. The first-order valence-corrected chi connectivity index (χ1v) is 11.6. The van der Waals surface area contributed by atoms with Crippen LogP contribution in [0.4, 0.5) is 8.78 Å². The highest BCUT2D eigenvalue weighted by atomic mass is 33.1. The van der Waals surface area contributed by atoms with Gasteiger partial charge in [-0.05, 0) is 49.1 Å². The van der Waals surface area contributed by atoms with Crippen molar-refractivity contribution in [3.63, 3.8) is 0 Å². The van der Waals surface area contributed by atoms with E-state index in [1.165, 1.54) is 36.4 Å². The Balaban J connectivity index is 1.64. The molecule has 0 saturated carbocycles. The number of hydrogen-bond donors (Lipinski definition) is 1. The summed E-state index contributed by atoms with van der Waals surface area (Å²) >= 11 is 0. The number of unbranched alkanes of at least 4 members (excludes halogenated alkanes) is 1. The zero-order valence-corrected chi connectivity index (χ0v) is 17.2. The number of carbonyl (C=O) groups excluding carboxylic acids is 1. The highest BCUT2D eigenvalue weighted by molar-refractivity contribution is 8.77. The van der Waals surface area contributed by atoms with Gasteiger partial charge in [-0.2, -0.15) is 0 Å². The summed E-state index contributed by atoms with van der Waals surface area (Å²) < 4.78 is 32.3. The summed E-state index contributed by atoms with van der Waals surface area (Å²) in [7, 11) is 3.78. The molecule has 0 aliphatic carbocycles. The fourth-order valence-corrected chi connectivity index (χ4v) is 6.08. The summed E-state index contributed by atoms with van der Waals surface area (Å²) in [5.74, 6) is -2.23. The summed E-state index contributed by atoms with van der Waals surface area (Å²) in [5, 5.41) is 10.1. The maximum Gasteiger partial charge on any atom is 0.339 e. The van der Waals surface area contributed by atoms with Crippen LogP contribution in [0.25, 0.3) is 11.1 Å². The minimum atomic E-state index is -1.30. The fraction of sp³-hybridized carbons (Fsp3) is 0.333. The first-order valence-electron chi connectivity index (χ1n) is 9.26. The number of carboxylic acids is 1. The summed E-state index contributed by atoms with van der Waals surface area (Å²) in [4.78, 5) is 23.7. The molecule has 1 saturated heterocycles. The molecule has 29 heavy (non-hydrogen) atoms. The van der Waals surface area contributed by atoms with Crippen molar-refractivity contribution < 1.29 is 28.2 Å². The van der Waals surface area contributed by atoms with Gasteiger partial charge in [0, 0.05) is 29.1 Å². The van der Waals surface area contributed by atoms with E-state index in [2.05, 4.69) is 0 Å². The lowest BCUT2D eigenvalue weighted by Crippen LogP contribution is -2.11. The molecule has 1 atom stereocenters. The number of esters is 1. The molecule has 0 unspecified atom stereocenters. The molecule has 1 fully saturated rings. The van der Waals surface area contributed by atoms with E-state index in [9.17, 15) is 23.5 Å². The average molecular weight is 439 g/mol. The van der Waals surface area contributed by atoms with E-state index in [4.69, 9.17) is 4.74 Å².